The van der Waals surface area contributed by atoms with Gasteiger partial charge >= 0.3 is 0 Å². The second-order valence-corrected chi connectivity index (χ2v) is 5.63. The van der Waals surface area contributed by atoms with Crippen LogP contribution in [0.15, 0.2) is 18.2 Å². The summed E-state index contributed by atoms with van der Waals surface area (Å²) >= 11 is 0. The number of hydrogen-bond donors (Lipinski definition) is 2. The Labute approximate surface area is 115 Å². The van der Waals surface area contributed by atoms with Crippen molar-refractivity contribution < 1.29 is 4.79 Å². The summed E-state index contributed by atoms with van der Waals surface area (Å²) in [7, 11) is 0. The Morgan fingerprint density at radius 3 is 2.89 bits per heavy atom. The predicted molar refractivity (Wildman–Crippen MR) is 78.1 cm³/mol. The topological polar surface area (TPSA) is 41.1 Å². The van der Waals surface area contributed by atoms with Crippen LogP contribution in [0.5, 0.6) is 0 Å². The third-order valence-corrected chi connectivity index (χ3v) is 3.93. The van der Waals surface area contributed by atoms with Gasteiger partial charge < -0.3 is 10.6 Å². The van der Waals surface area contributed by atoms with Crippen molar-refractivity contribution in [3.8, 4) is 0 Å². The van der Waals surface area contributed by atoms with Crippen LogP contribution in [0.3, 0.4) is 0 Å². The van der Waals surface area contributed by atoms with E-state index < -0.39 is 0 Å². The first kappa shape index (κ1) is 14.1. The Balaban J connectivity index is 2.01. The van der Waals surface area contributed by atoms with Crippen molar-refractivity contribution in [3.63, 3.8) is 0 Å². The standard InChI is InChI=1S/C16H24N2O/c1-11-6-7-12(2)15(9-11)13(3)18-16(19)14-5-4-8-17-10-14/h6-7,9,13-14,17H,4-5,8,10H2,1-3H3,(H,18,19). The molecule has 0 saturated carbocycles. The first-order valence-electron chi connectivity index (χ1n) is 7.16. The van der Waals surface area contributed by atoms with Gasteiger partial charge in [-0.3, -0.25) is 4.79 Å². The minimum Gasteiger partial charge on any atom is -0.349 e. The van der Waals surface area contributed by atoms with Crippen LogP contribution in [0.25, 0.3) is 0 Å². The molecule has 0 spiro atoms. The molecule has 1 saturated heterocycles. The average molecular weight is 260 g/mol. The van der Waals surface area contributed by atoms with Gasteiger partial charge in [-0.05, 0) is 51.3 Å². The lowest BCUT2D eigenvalue weighted by molar-refractivity contribution is -0.126. The molecule has 2 N–H and O–H groups in total. The van der Waals surface area contributed by atoms with Crippen molar-refractivity contribution in [2.45, 2.75) is 39.7 Å². The van der Waals surface area contributed by atoms with Crippen molar-refractivity contribution in [2.24, 2.45) is 5.92 Å². The third-order valence-electron chi connectivity index (χ3n) is 3.93. The first-order valence-corrected chi connectivity index (χ1v) is 7.16. The fourth-order valence-electron chi connectivity index (χ4n) is 2.71. The Hall–Kier alpha value is -1.35. The second-order valence-electron chi connectivity index (χ2n) is 5.63. The zero-order chi connectivity index (χ0) is 13.8. The highest BCUT2D eigenvalue weighted by atomic mass is 16.1. The average Bonchev–Trinajstić information content (AvgIpc) is 2.42. The number of hydrogen-bond acceptors (Lipinski definition) is 2. The highest BCUT2D eigenvalue weighted by molar-refractivity contribution is 5.79. The number of aryl methyl sites for hydroxylation is 2. The maximum absolute atomic E-state index is 12.2. The number of benzene rings is 1. The van der Waals surface area contributed by atoms with E-state index in [1.54, 1.807) is 0 Å². The van der Waals surface area contributed by atoms with E-state index in [1.165, 1.54) is 16.7 Å². The summed E-state index contributed by atoms with van der Waals surface area (Å²) in [6, 6.07) is 6.47. The summed E-state index contributed by atoms with van der Waals surface area (Å²) in [5.74, 6) is 0.307. The molecule has 1 amide bonds. The zero-order valence-electron chi connectivity index (χ0n) is 12.1. The van der Waals surface area contributed by atoms with Crippen LogP contribution in [-0.2, 0) is 4.79 Å². The van der Waals surface area contributed by atoms with E-state index in [0.29, 0.717) is 0 Å². The molecular formula is C16H24N2O. The van der Waals surface area contributed by atoms with Crippen LogP contribution in [0, 0.1) is 19.8 Å². The SMILES string of the molecule is Cc1ccc(C)c(C(C)NC(=O)C2CCCNC2)c1. The summed E-state index contributed by atoms with van der Waals surface area (Å²) in [5.41, 5.74) is 3.69. The summed E-state index contributed by atoms with van der Waals surface area (Å²) in [4.78, 5) is 12.2. The number of rotatable bonds is 3. The third kappa shape index (κ3) is 3.57. The molecule has 0 radical (unpaired) electrons. The Kier molecular flexibility index (Phi) is 4.59. The van der Waals surface area contributed by atoms with Gasteiger partial charge in [0.15, 0.2) is 0 Å². The quantitative estimate of drug-likeness (QED) is 0.876. The number of nitrogens with one attached hydrogen (secondary N) is 2. The number of carbonyl (C=O) groups is 1. The van der Waals surface area contributed by atoms with E-state index in [4.69, 9.17) is 0 Å². The van der Waals surface area contributed by atoms with Gasteiger partial charge in [0.2, 0.25) is 5.91 Å². The lowest BCUT2D eigenvalue weighted by atomic mass is 9.96. The van der Waals surface area contributed by atoms with Crippen molar-refractivity contribution in [1.29, 1.82) is 0 Å². The number of carbonyl (C=O) groups excluding carboxylic acids is 1. The molecule has 0 aromatic heterocycles. The molecule has 1 aliphatic heterocycles. The fourth-order valence-corrected chi connectivity index (χ4v) is 2.71. The van der Waals surface area contributed by atoms with E-state index in [9.17, 15) is 4.79 Å². The van der Waals surface area contributed by atoms with E-state index in [1.807, 2.05) is 0 Å². The van der Waals surface area contributed by atoms with Crippen LogP contribution in [0.4, 0.5) is 0 Å². The lowest BCUT2D eigenvalue weighted by Gasteiger charge is -2.25. The van der Waals surface area contributed by atoms with Gasteiger partial charge in [-0.15, -0.1) is 0 Å². The molecule has 1 aromatic rings. The molecule has 1 fully saturated rings. The molecule has 19 heavy (non-hydrogen) atoms. The number of amides is 1. The molecule has 0 aliphatic carbocycles. The number of piperidine rings is 1. The normalized spacial score (nSPS) is 20.9. The van der Waals surface area contributed by atoms with Crippen LogP contribution in [0.2, 0.25) is 0 Å². The summed E-state index contributed by atoms with van der Waals surface area (Å²) in [6.07, 6.45) is 2.09. The largest absolute Gasteiger partial charge is 0.349 e. The molecule has 104 valence electrons. The van der Waals surface area contributed by atoms with Crippen LogP contribution in [0.1, 0.15) is 42.5 Å². The molecule has 2 unspecified atom stereocenters. The zero-order valence-corrected chi connectivity index (χ0v) is 12.1. The predicted octanol–water partition coefficient (Wildman–Crippen LogP) is 2.48. The van der Waals surface area contributed by atoms with Gasteiger partial charge in [0, 0.05) is 6.54 Å². The summed E-state index contributed by atoms with van der Waals surface area (Å²) in [6.45, 7) is 8.10. The monoisotopic (exact) mass is 260 g/mol. The minimum atomic E-state index is 0.0781. The molecule has 1 heterocycles. The van der Waals surface area contributed by atoms with Crippen molar-refractivity contribution >= 4 is 5.91 Å². The molecule has 3 nitrogen and oxygen atoms in total. The maximum Gasteiger partial charge on any atom is 0.224 e. The van der Waals surface area contributed by atoms with E-state index >= 15 is 0 Å². The van der Waals surface area contributed by atoms with Gasteiger partial charge in [-0.2, -0.15) is 0 Å². The van der Waals surface area contributed by atoms with E-state index in [2.05, 4.69) is 49.6 Å². The molecular weight excluding hydrogens is 236 g/mol. The van der Waals surface area contributed by atoms with Crippen molar-refractivity contribution in [3.05, 3.63) is 34.9 Å². The van der Waals surface area contributed by atoms with Crippen LogP contribution in [-0.4, -0.2) is 19.0 Å². The smallest absolute Gasteiger partial charge is 0.224 e. The van der Waals surface area contributed by atoms with E-state index in [0.717, 1.165) is 25.9 Å². The van der Waals surface area contributed by atoms with Gasteiger partial charge in [0.1, 0.15) is 0 Å². The first-order chi connectivity index (χ1) is 9.08. The van der Waals surface area contributed by atoms with Gasteiger partial charge in [-0.25, -0.2) is 0 Å². The van der Waals surface area contributed by atoms with Gasteiger partial charge in [0.05, 0.1) is 12.0 Å². The Morgan fingerprint density at radius 1 is 1.42 bits per heavy atom. The van der Waals surface area contributed by atoms with Crippen molar-refractivity contribution in [1.82, 2.24) is 10.6 Å². The molecule has 2 atom stereocenters. The molecule has 0 bridgehead atoms. The maximum atomic E-state index is 12.2. The molecule has 3 heteroatoms. The summed E-state index contributed by atoms with van der Waals surface area (Å²) < 4.78 is 0. The Bertz CT molecular complexity index is 450. The highest BCUT2D eigenvalue weighted by Gasteiger charge is 2.22. The van der Waals surface area contributed by atoms with Gasteiger partial charge in [0.25, 0.3) is 0 Å². The fraction of sp³-hybridized carbons (Fsp3) is 0.562. The van der Waals surface area contributed by atoms with E-state index in [-0.39, 0.29) is 17.9 Å². The van der Waals surface area contributed by atoms with Crippen LogP contribution >= 0.6 is 0 Å². The van der Waals surface area contributed by atoms with Crippen molar-refractivity contribution in [2.75, 3.05) is 13.1 Å². The summed E-state index contributed by atoms with van der Waals surface area (Å²) in [5, 5.41) is 6.44. The van der Waals surface area contributed by atoms with Gasteiger partial charge in [-0.1, -0.05) is 23.8 Å². The minimum absolute atomic E-state index is 0.0781. The highest BCUT2D eigenvalue weighted by Crippen LogP contribution is 2.20. The second kappa shape index (κ2) is 6.20. The Morgan fingerprint density at radius 2 is 2.21 bits per heavy atom. The molecule has 1 aliphatic rings. The molecule has 1 aromatic carbocycles. The molecule has 2 rings (SSSR count). The lowest BCUT2D eigenvalue weighted by Crippen LogP contribution is -2.41. The van der Waals surface area contributed by atoms with Crippen LogP contribution < -0.4 is 10.6 Å².